The quantitative estimate of drug-likeness (QED) is 0.486. The maximum atomic E-state index is 13.2. The number of amides is 1. The van der Waals surface area contributed by atoms with E-state index in [-0.39, 0.29) is 29.6 Å². The van der Waals surface area contributed by atoms with Gasteiger partial charge in [-0.05, 0) is 62.6 Å². The minimum absolute atomic E-state index is 0.0417. The average Bonchev–Trinajstić information content (AvgIpc) is 3.29. The van der Waals surface area contributed by atoms with Crippen molar-refractivity contribution in [2.45, 2.75) is 44.6 Å². The van der Waals surface area contributed by atoms with Crippen LogP contribution in [0, 0.1) is 5.92 Å². The topological polar surface area (TPSA) is 122 Å². The highest BCUT2D eigenvalue weighted by Gasteiger charge is 2.34. The lowest BCUT2D eigenvalue weighted by molar-refractivity contribution is -0.149. The van der Waals surface area contributed by atoms with Crippen molar-refractivity contribution in [1.29, 1.82) is 0 Å². The van der Waals surface area contributed by atoms with Gasteiger partial charge in [0.2, 0.25) is 10.0 Å². The van der Waals surface area contributed by atoms with E-state index in [0.29, 0.717) is 42.9 Å². The van der Waals surface area contributed by atoms with Crippen molar-refractivity contribution in [3.05, 3.63) is 45.8 Å². The lowest BCUT2D eigenvalue weighted by Crippen LogP contribution is -2.42. The van der Waals surface area contributed by atoms with E-state index < -0.39 is 27.8 Å². The molecule has 1 unspecified atom stereocenters. The van der Waals surface area contributed by atoms with Gasteiger partial charge in [0, 0.05) is 36.6 Å². The molecule has 1 N–H and O–H groups in total. The van der Waals surface area contributed by atoms with Gasteiger partial charge in [-0.2, -0.15) is 4.31 Å². The number of carbonyl (C=O) groups is 3. The highest BCUT2D eigenvalue weighted by Crippen LogP contribution is 2.38. The van der Waals surface area contributed by atoms with E-state index in [4.69, 9.17) is 9.47 Å². The second kappa shape index (κ2) is 11.9. The number of rotatable bonds is 8. The van der Waals surface area contributed by atoms with Crippen LogP contribution in [0.2, 0.25) is 0 Å². The summed E-state index contributed by atoms with van der Waals surface area (Å²) in [6.45, 7) is 6.85. The number of ether oxygens (including phenoxy) is 2. The van der Waals surface area contributed by atoms with E-state index in [0.717, 1.165) is 23.5 Å². The molecule has 0 aliphatic carbocycles. The first-order chi connectivity index (χ1) is 18.2. The van der Waals surface area contributed by atoms with Crippen LogP contribution in [0.25, 0.3) is 0 Å². The summed E-state index contributed by atoms with van der Waals surface area (Å²) < 4.78 is 37.8. The van der Waals surface area contributed by atoms with Crippen LogP contribution in [0.15, 0.2) is 29.2 Å². The molecule has 1 aromatic heterocycles. The van der Waals surface area contributed by atoms with E-state index in [9.17, 15) is 22.8 Å². The van der Waals surface area contributed by atoms with Crippen molar-refractivity contribution in [2.75, 3.05) is 45.2 Å². The number of nitrogens with one attached hydrogen (secondary N) is 1. The van der Waals surface area contributed by atoms with Gasteiger partial charge in [0.15, 0.2) is 0 Å². The lowest BCUT2D eigenvalue weighted by atomic mass is 10.0. The Hall–Kier alpha value is -2.80. The van der Waals surface area contributed by atoms with Gasteiger partial charge in [-0.3, -0.25) is 14.5 Å². The summed E-state index contributed by atoms with van der Waals surface area (Å²) in [5.41, 5.74) is 1.55. The first kappa shape index (κ1) is 28.2. The monoisotopic (exact) mass is 563 g/mol. The Balaban J connectivity index is 1.50. The maximum absolute atomic E-state index is 13.2. The van der Waals surface area contributed by atoms with Crippen molar-refractivity contribution in [3.63, 3.8) is 0 Å². The molecule has 0 saturated carbocycles. The van der Waals surface area contributed by atoms with Crippen molar-refractivity contribution in [1.82, 2.24) is 9.21 Å². The van der Waals surface area contributed by atoms with Gasteiger partial charge in [0.1, 0.15) is 5.00 Å². The predicted molar refractivity (Wildman–Crippen MR) is 143 cm³/mol. The summed E-state index contributed by atoms with van der Waals surface area (Å²) in [5.74, 6) is -1.82. The van der Waals surface area contributed by atoms with Gasteiger partial charge in [0.05, 0.1) is 30.1 Å². The van der Waals surface area contributed by atoms with Crippen LogP contribution >= 0.6 is 11.3 Å². The zero-order chi connectivity index (χ0) is 27.4. The zero-order valence-corrected chi connectivity index (χ0v) is 23.5. The molecule has 1 saturated heterocycles. The van der Waals surface area contributed by atoms with Gasteiger partial charge in [0.25, 0.3) is 5.91 Å². The van der Waals surface area contributed by atoms with Crippen molar-refractivity contribution >= 4 is 44.2 Å². The normalized spacial score (nSPS) is 18.4. The number of sulfonamides is 1. The number of carbonyl (C=O) groups excluding carboxylic acids is 3. The minimum Gasteiger partial charge on any atom is -0.466 e. The molecular weight excluding hydrogens is 530 g/mol. The summed E-state index contributed by atoms with van der Waals surface area (Å²) in [5, 5.41) is 3.26. The first-order valence-corrected chi connectivity index (χ1v) is 15.0. The molecule has 1 atom stereocenters. The summed E-state index contributed by atoms with van der Waals surface area (Å²) in [6.07, 6.45) is 1.84. The van der Waals surface area contributed by atoms with Gasteiger partial charge in [-0.15, -0.1) is 11.3 Å². The van der Waals surface area contributed by atoms with Crippen molar-refractivity contribution in [2.24, 2.45) is 5.92 Å². The average molecular weight is 564 g/mol. The molecule has 2 aliphatic heterocycles. The third-order valence-electron chi connectivity index (χ3n) is 6.96. The number of anilines is 1. The standard InChI is InChI=1S/C26H33N3O7S2/c1-4-28-14-12-20-21(16-28)37-24(22(20)26(32)35-3)27-23(30)17-8-10-19(11-9-17)38(33,34)29-13-6-7-18(15-29)25(31)36-5-2/h8-11,18H,4-7,12-16H2,1-3H3,(H,27,30). The van der Waals surface area contributed by atoms with E-state index in [2.05, 4.69) is 17.1 Å². The lowest BCUT2D eigenvalue weighted by Gasteiger charge is -2.30. The third-order valence-corrected chi connectivity index (χ3v) is 9.97. The molecule has 2 aromatic rings. The van der Waals surface area contributed by atoms with Crippen LogP contribution in [-0.2, 0) is 37.3 Å². The fraction of sp³-hybridized carbons (Fsp3) is 0.500. The molecule has 206 valence electrons. The van der Waals surface area contributed by atoms with E-state index >= 15 is 0 Å². The number of nitrogens with zero attached hydrogens (tertiary/aromatic N) is 2. The van der Waals surface area contributed by atoms with Crippen molar-refractivity contribution in [3.8, 4) is 0 Å². The molecule has 1 fully saturated rings. The van der Waals surface area contributed by atoms with Crippen LogP contribution in [0.4, 0.5) is 5.00 Å². The summed E-state index contributed by atoms with van der Waals surface area (Å²) in [4.78, 5) is 41.1. The number of fused-ring (bicyclic) bond motifs is 1. The number of benzene rings is 1. The van der Waals surface area contributed by atoms with E-state index in [1.807, 2.05) is 0 Å². The maximum Gasteiger partial charge on any atom is 0.341 e. The number of thiophene rings is 1. The summed E-state index contributed by atoms with van der Waals surface area (Å²) in [7, 11) is -2.53. The van der Waals surface area contributed by atoms with E-state index in [1.165, 1.54) is 47.0 Å². The summed E-state index contributed by atoms with van der Waals surface area (Å²) in [6, 6.07) is 5.66. The Bertz CT molecular complexity index is 1300. The molecular formula is C26H33N3O7S2. The highest BCUT2D eigenvalue weighted by atomic mass is 32.2. The van der Waals surface area contributed by atoms with Crippen LogP contribution < -0.4 is 5.32 Å². The van der Waals surface area contributed by atoms with Gasteiger partial charge in [-0.1, -0.05) is 6.92 Å². The Morgan fingerprint density at radius 1 is 1.13 bits per heavy atom. The number of esters is 2. The number of likely N-dealkylation sites (N-methyl/N-ethyl adjacent to an activating group) is 1. The minimum atomic E-state index is -3.85. The summed E-state index contributed by atoms with van der Waals surface area (Å²) >= 11 is 1.37. The number of piperidine rings is 1. The number of hydrogen-bond acceptors (Lipinski definition) is 9. The molecule has 12 heteroatoms. The van der Waals surface area contributed by atoms with Crippen molar-refractivity contribution < 1.29 is 32.3 Å². The van der Waals surface area contributed by atoms with Gasteiger partial charge < -0.3 is 14.8 Å². The van der Waals surface area contributed by atoms with Gasteiger partial charge >= 0.3 is 11.9 Å². The largest absolute Gasteiger partial charge is 0.466 e. The number of hydrogen-bond donors (Lipinski definition) is 1. The molecule has 2 aliphatic rings. The first-order valence-electron chi connectivity index (χ1n) is 12.7. The van der Waals surface area contributed by atoms with Crippen LogP contribution in [0.1, 0.15) is 57.8 Å². The van der Waals surface area contributed by atoms with Gasteiger partial charge in [-0.25, -0.2) is 13.2 Å². The molecule has 0 spiro atoms. The molecule has 3 heterocycles. The second-order valence-corrected chi connectivity index (χ2v) is 12.3. The number of methoxy groups -OCH3 is 1. The zero-order valence-electron chi connectivity index (χ0n) is 21.8. The molecule has 0 radical (unpaired) electrons. The molecule has 0 bridgehead atoms. The smallest absolute Gasteiger partial charge is 0.341 e. The molecule has 1 amide bonds. The van der Waals surface area contributed by atoms with Crippen LogP contribution in [0.5, 0.6) is 0 Å². The molecule has 1 aromatic carbocycles. The Labute approximate surface area is 226 Å². The Morgan fingerprint density at radius 3 is 2.53 bits per heavy atom. The highest BCUT2D eigenvalue weighted by molar-refractivity contribution is 7.89. The second-order valence-electron chi connectivity index (χ2n) is 9.25. The predicted octanol–water partition coefficient (Wildman–Crippen LogP) is 3.13. The fourth-order valence-corrected chi connectivity index (χ4v) is 7.65. The Morgan fingerprint density at radius 2 is 1.87 bits per heavy atom. The Kier molecular flexibility index (Phi) is 8.86. The molecule has 38 heavy (non-hydrogen) atoms. The molecule has 10 nitrogen and oxygen atoms in total. The van der Waals surface area contributed by atoms with Crippen LogP contribution in [0.3, 0.4) is 0 Å². The van der Waals surface area contributed by atoms with E-state index in [1.54, 1.807) is 6.92 Å². The molecule has 4 rings (SSSR count). The fourth-order valence-electron chi connectivity index (χ4n) is 4.85. The van der Waals surface area contributed by atoms with Crippen LogP contribution in [-0.4, -0.2) is 75.4 Å². The third kappa shape index (κ3) is 5.78. The SMILES string of the molecule is CCOC(=O)C1CCCN(S(=O)(=O)c2ccc(C(=O)Nc3sc4c(c3C(=O)OC)CCN(CC)C4)cc2)C1.